The van der Waals surface area contributed by atoms with Crippen LogP contribution in [0.2, 0.25) is 5.02 Å². The van der Waals surface area contributed by atoms with Crippen molar-refractivity contribution in [3.05, 3.63) is 34.9 Å². The fraction of sp³-hybridized carbons (Fsp3) is 0.682. The SMILES string of the molecule is NC1C2CCCC1CC(C(=O)N1CCCN(Cc3ccc(Cl)cc3)CC1)C2. The molecule has 3 aliphatic rings. The summed E-state index contributed by atoms with van der Waals surface area (Å²) in [6.07, 6.45) is 6.82. The first-order valence-corrected chi connectivity index (χ1v) is 11.0. The number of rotatable bonds is 3. The van der Waals surface area contributed by atoms with E-state index < -0.39 is 0 Å². The lowest BCUT2D eigenvalue weighted by molar-refractivity contribution is -0.138. The van der Waals surface area contributed by atoms with E-state index >= 15 is 0 Å². The molecule has 1 aliphatic heterocycles. The summed E-state index contributed by atoms with van der Waals surface area (Å²) < 4.78 is 0. The molecule has 148 valence electrons. The second-order valence-corrected chi connectivity index (χ2v) is 9.21. The minimum absolute atomic E-state index is 0.211. The Hall–Kier alpha value is -1.10. The van der Waals surface area contributed by atoms with E-state index in [1.165, 1.54) is 24.8 Å². The minimum atomic E-state index is 0.211. The minimum Gasteiger partial charge on any atom is -0.341 e. The highest BCUT2D eigenvalue weighted by Crippen LogP contribution is 2.42. The topological polar surface area (TPSA) is 49.6 Å². The molecule has 0 radical (unpaired) electrons. The highest BCUT2D eigenvalue weighted by molar-refractivity contribution is 6.30. The molecule has 1 aromatic carbocycles. The quantitative estimate of drug-likeness (QED) is 0.860. The fourth-order valence-electron chi connectivity index (χ4n) is 5.45. The van der Waals surface area contributed by atoms with E-state index in [1.807, 2.05) is 12.1 Å². The summed E-state index contributed by atoms with van der Waals surface area (Å²) in [6, 6.07) is 8.44. The summed E-state index contributed by atoms with van der Waals surface area (Å²) >= 11 is 5.99. The fourth-order valence-corrected chi connectivity index (χ4v) is 5.57. The molecule has 5 heteroatoms. The monoisotopic (exact) mass is 389 g/mol. The number of amides is 1. The number of carbonyl (C=O) groups is 1. The van der Waals surface area contributed by atoms with E-state index in [9.17, 15) is 4.79 Å². The van der Waals surface area contributed by atoms with Gasteiger partial charge in [-0.2, -0.15) is 0 Å². The zero-order valence-electron chi connectivity index (χ0n) is 16.2. The molecule has 2 saturated carbocycles. The maximum Gasteiger partial charge on any atom is 0.225 e. The summed E-state index contributed by atoms with van der Waals surface area (Å²) in [5.41, 5.74) is 7.70. The van der Waals surface area contributed by atoms with Crippen LogP contribution in [-0.2, 0) is 11.3 Å². The first kappa shape index (κ1) is 19.2. The molecule has 0 aromatic heterocycles. The Morgan fingerprint density at radius 3 is 2.41 bits per heavy atom. The lowest BCUT2D eigenvalue weighted by Gasteiger charge is -2.44. The van der Waals surface area contributed by atoms with Crippen molar-refractivity contribution in [2.75, 3.05) is 26.2 Å². The van der Waals surface area contributed by atoms with Crippen molar-refractivity contribution < 1.29 is 4.79 Å². The number of carbonyl (C=O) groups excluding carboxylic acids is 1. The van der Waals surface area contributed by atoms with Gasteiger partial charge in [0.25, 0.3) is 0 Å². The van der Waals surface area contributed by atoms with Crippen molar-refractivity contribution in [3.8, 4) is 0 Å². The van der Waals surface area contributed by atoms with Gasteiger partial charge in [0, 0.05) is 49.7 Å². The zero-order chi connectivity index (χ0) is 18.8. The Bertz CT molecular complexity index is 635. The molecule has 2 bridgehead atoms. The highest BCUT2D eigenvalue weighted by Gasteiger charge is 2.41. The van der Waals surface area contributed by atoms with Crippen LogP contribution in [0.4, 0.5) is 0 Å². The van der Waals surface area contributed by atoms with Crippen LogP contribution in [0.3, 0.4) is 0 Å². The second kappa shape index (κ2) is 8.50. The lowest BCUT2D eigenvalue weighted by atomic mass is 9.65. The maximum absolute atomic E-state index is 13.2. The molecule has 0 spiro atoms. The average molecular weight is 390 g/mol. The first-order valence-electron chi connectivity index (χ1n) is 10.6. The van der Waals surface area contributed by atoms with E-state index in [2.05, 4.69) is 21.9 Å². The molecular formula is C22H32ClN3O. The van der Waals surface area contributed by atoms with E-state index in [1.54, 1.807) is 0 Å². The van der Waals surface area contributed by atoms with Crippen LogP contribution in [0.25, 0.3) is 0 Å². The predicted octanol–water partition coefficient (Wildman–Crippen LogP) is 3.53. The number of halogens is 1. The maximum atomic E-state index is 13.2. The first-order chi connectivity index (χ1) is 13.1. The van der Waals surface area contributed by atoms with Gasteiger partial charge in [-0.05, 0) is 61.6 Å². The normalized spacial score (nSPS) is 32.1. The van der Waals surface area contributed by atoms with Crippen LogP contribution in [0, 0.1) is 17.8 Å². The molecule has 3 fully saturated rings. The van der Waals surface area contributed by atoms with Gasteiger partial charge in [-0.1, -0.05) is 30.2 Å². The Morgan fingerprint density at radius 1 is 1.00 bits per heavy atom. The van der Waals surface area contributed by atoms with Crippen LogP contribution in [0.5, 0.6) is 0 Å². The van der Waals surface area contributed by atoms with Crippen molar-refractivity contribution in [3.63, 3.8) is 0 Å². The summed E-state index contributed by atoms with van der Waals surface area (Å²) in [5, 5.41) is 0.781. The third-order valence-corrected chi connectivity index (χ3v) is 7.23. The molecule has 1 saturated heterocycles. The van der Waals surface area contributed by atoms with E-state index in [0.29, 0.717) is 23.8 Å². The molecular weight excluding hydrogens is 358 g/mol. The number of hydrogen-bond donors (Lipinski definition) is 1. The van der Waals surface area contributed by atoms with Gasteiger partial charge in [-0.25, -0.2) is 0 Å². The second-order valence-electron chi connectivity index (χ2n) is 8.78. The van der Waals surface area contributed by atoms with Crippen molar-refractivity contribution in [1.82, 2.24) is 9.80 Å². The van der Waals surface area contributed by atoms with Crippen LogP contribution in [0.1, 0.15) is 44.1 Å². The van der Waals surface area contributed by atoms with Gasteiger partial charge in [-0.15, -0.1) is 0 Å². The van der Waals surface area contributed by atoms with Crippen LogP contribution in [-0.4, -0.2) is 47.9 Å². The number of benzene rings is 1. The van der Waals surface area contributed by atoms with Gasteiger partial charge < -0.3 is 10.6 Å². The van der Waals surface area contributed by atoms with E-state index in [-0.39, 0.29) is 5.92 Å². The van der Waals surface area contributed by atoms with Gasteiger partial charge in [-0.3, -0.25) is 9.69 Å². The van der Waals surface area contributed by atoms with Crippen molar-refractivity contribution >= 4 is 17.5 Å². The van der Waals surface area contributed by atoms with Crippen molar-refractivity contribution in [2.45, 2.75) is 51.1 Å². The summed E-state index contributed by atoms with van der Waals surface area (Å²) in [6.45, 7) is 4.68. The van der Waals surface area contributed by atoms with Crippen LogP contribution < -0.4 is 5.73 Å². The van der Waals surface area contributed by atoms with E-state index in [4.69, 9.17) is 17.3 Å². The average Bonchev–Trinajstić information content (AvgIpc) is 2.88. The Morgan fingerprint density at radius 2 is 1.70 bits per heavy atom. The van der Waals surface area contributed by atoms with Crippen LogP contribution in [0.15, 0.2) is 24.3 Å². The predicted molar refractivity (Wildman–Crippen MR) is 109 cm³/mol. The largest absolute Gasteiger partial charge is 0.341 e. The zero-order valence-corrected chi connectivity index (χ0v) is 16.9. The molecule has 2 N–H and O–H groups in total. The lowest BCUT2D eigenvalue weighted by Crippen LogP contribution is -2.50. The molecule has 1 amide bonds. The van der Waals surface area contributed by atoms with Crippen molar-refractivity contribution in [1.29, 1.82) is 0 Å². The van der Waals surface area contributed by atoms with Gasteiger partial charge in [0.15, 0.2) is 0 Å². The molecule has 1 aromatic rings. The van der Waals surface area contributed by atoms with Gasteiger partial charge in [0.05, 0.1) is 0 Å². The summed E-state index contributed by atoms with van der Waals surface area (Å²) in [7, 11) is 0. The molecule has 2 aliphatic carbocycles. The Kier molecular flexibility index (Phi) is 6.05. The summed E-state index contributed by atoms with van der Waals surface area (Å²) in [5.74, 6) is 1.75. The Balaban J connectivity index is 1.32. The molecule has 2 unspecified atom stereocenters. The van der Waals surface area contributed by atoms with E-state index in [0.717, 1.165) is 57.0 Å². The number of hydrogen-bond acceptors (Lipinski definition) is 3. The standard InChI is InChI=1S/C22H32ClN3O/c23-20-7-5-16(6-8-20)15-25-9-2-10-26(12-11-25)22(27)19-13-17-3-1-4-18(14-19)21(17)24/h5-8,17-19,21H,1-4,9-15,24H2. The number of nitrogens with zero attached hydrogens (tertiary/aromatic N) is 2. The molecule has 4 rings (SSSR count). The van der Waals surface area contributed by atoms with Gasteiger partial charge >= 0.3 is 0 Å². The van der Waals surface area contributed by atoms with Crippen LogP contribution >= 0.6 is 11.6 Å². The van der Waals surface area contributed by atoms with Crippen molar-refractivity contribution in [2.24, 2.45) is 23.5 Å². The number of nitrogens with two attached hydrogens (primary N) is 1. The van der Waals surface area contributed by atoms with Gasteiger partial charge in [0.1, 0.15) is 0 Å². The highest BCUT2D eigenvalue weighted by atomic mass is 35.5. The van der Waals surface area contributed by atoms with Gasteiger partial charge in [0.2, 0.25) is 5.91 Å². The molecule has 4 nitrogen and oxygen atoms in total. The molecule has 1 heterocycles. The smallest absolute Gasteiger partial charge is 0.225 e. The Labute approximate surface area is 168 Å². The molecule has 27 heavy (non-hydrogen) atoms. The third-order valence-electron chi connectivity index (χ3n) is 6.98. The number of fused-ring (bicyclic) bond motifs is 2. The third kappa shape index (κ3) is 4.49. The molecule has 2 atom stereocenters. The summed E-state index contributed by atoms with van der Waals surface area (Å²) in [4.78, 5) is 17.8.